The highest BCUT2D eigenvalue weighted by Crippen LogP contribution is 2.31. The minimum absolute atomic E-state index is 0.0684. The van der Waals surface area contributed by atoms with Gasteiger partial charge in [-0.15, -0.1) is 0 Å². The van der Waals surface area contributed by atoms with Gasteiger partial charge in [0.05, 0.1) is 18.0 Å². The molecule has 2 heterocycles. The maximum absolute atomic E-state index is 13.2. The predicted octanol–water partition coefficient (Wildman–Crippen LogP) is 4.32. The van der Waals surface area contributed by atoms with Gasteiger partial charge >= 0.3 is 0 Å². The number of aromatic nitrogens is 2. The van der Waals surface area contributed by atoms with Gasteiger partial charge in [0.15, 0.2) is 0 Å². The molecule has 0 radical (unpaired) electrons. The van der Waals surface area contributed by atoms with Crippen LogP contribution in [0.5, 0.6) is 5.75 Å². The molecule has 1 amide bonds. The number of carbonyl (C=O) groups excluding carboxylic acids is 1. The number of benzene rings is 2. The van der Waals surface area contributed by atoms with Gasteiger partial charge in [-0.25, -0.2) is 13.1 Å². The van der Waals surface area contributed by atoms with Crippen molar-refractivity contribution in [1.82, 2.24) is 14.1 Å². The Bertz CT molecular complexity index is 1340. The Morgan fingerprint density at radius 2 is 1.83 bits per heavy atom. The Kier molecular flexibility index (Phi) is 7.37. The molecule has 1 N–H and O–H groups in total. The van der Waals surface area contributed by atoms with E-state index in [4.69, 9.17) is 4.74 Å². The molecule has 0 unspecified atom stereocenters. The number of ether oxygens (including phenoxy) is 1. The fourth-order valence-electron chi connectivity index (χ4n) is 4.19. The van der Waals surface area contributed by atoms with Crippen molar-refractivity contribution in [3.05, 3.63) is 71.6 Å². The molecule has 0 aliphatic carbocycles. The molecule has 8 nitrogen and oxygen atoms in total. The van der Waals surface area contributed by atoms with Gasteiger partial charge in [-0.3, -0.25) is 4.79 Å². The van der Waals surface area contributed by atoms with Crippen LogP contribution in [0.25, 0.3) is 11.8 Å². The summed E-state index contributed by atoms with van der Waals surface area (Å²) in [5.41, 5.74) is 3.90. The summed E-state index contributed by atoms with van der Waals surface area (Å²) < 4.78 is 35.2. The summed E-state index contributed by atoms with van der Waals surface area (Å²) in [6, 6.07) is 14.5. The molecule has 2 aromatic carbocycles. The molecule has 1 aliphatic rings. The van der Waals surface area contributed by atoms with Crippen molar-refractivity contribution in [3.63, 3.8) is 0 Å². The Hall–Kier alpha value is -3.43. The van der Waals surface area contributed by atoms with Crippen LogP contribution < -0.4 is 10.1 Å². The Labute approximate surface area is 206 Å². The number of nitrogens with zero attached hydrogens (tertiary/aromatic N) is 3. The largest absolute Gasteiger partial charge is 0.492 e. The quantitative estimate of drug-likeness (QED) is 0.471. The first-order valence-corrected chi connectivity index (χ1v) is 13.1. The standard InChI is InChI=1S/C26H30N4O4S/c1-4-34-24-14-12-21(18-25(24)35(32,33)29-16-8-9-17-29)27-26(31)15-13-23-19(2)28-30(20(23)3)22-10-6-5-7-11-22/h5-7,10-15,18H,4,8-9,16-17H2,1-3H3,(H,27,31)/b15-13+. The maximum atomic E-state index is 13.2. The fraction of sp³-hybridized carbons (Fsp3) is 0.308. The Morgan fingerprint density at radius 1 is 1.11 bits per heavy atom. The molecular formula is C26H30N4O4S. The van der Waals surface area contributed by atoms with E-state index in [9.17, 15) is 13.2 Å². The number of anilines is 1. The van der Waals surface area contributed by atoms with E-state index in [0.29, 0.717) is 25.4 Å². The van der Waals surface area contributed by atoms with E-state index in [0.717, 1.165) is 35.5 Å². The third-order valence-corrected chi connectivity index (χ3v) is 7.86. The number of hydrogen-bond acceptors (Lipinski definition) is 5. The zero-order chi connectivity index (χ0) is 25.0. The highest BCUT2D eigenvalue weighted by Gasteiger charge is 2.30. The summed E-state index contributed by atoms with van der Waals surface area (Å²) >= 11 is 0. The second-order valence-corrected chi connectivity index (χ2v) is 10.3. The van der Waals surface area contributed by atoms with Gasteiger partial charge in [0.1, 0.15) is 10.6 Å². The van der Waals surface area contributed by atoms with E-state index < -0.39 is 10.0 Å². The van der Waals surface area contributed by atoms with Crippen molar-refractivity contribution in [2.75, 3.05) is 25.0 Å². The van der Waals surface area contributed by atoms with Crippen LogP contribution in [0.15, 0.2) is 59.5 Å². The van der Waals surface area contributed by atoms with Gasteiger partial charge in [-0.1, -0.05) is 18.2 Å². The second kappa shape index (κ2) is 10.5. The van der Waals surface area contributed by atoms with Crippen LogP contribution in [0.1, 0.15) is 36.7 Å². The van der Waals surface area contributed by atoms with Crippen LogP contribution in [0.3, 0.4) is 0 Å². The minimum Gasteiger partial charge on any atom is -0.492 e. The number of amides is 1. The SMILES string of the molecule is CCOc1ccc(NC(=O)/C=C/c2c(C)nn(-c3ccccc3)c2C)cc1S(=O)(=O)N1CCCC1. The molecule has 0 spiro atoms. The molecule has 1 aliphatic heterocycles. The van der Waals surface area contributed by atoms with E-state index in [1.54, 1.807) is 25.1 Å². The van der Waals surface area contributed by atoms with Crippen molar-refractivity contribution in [2.45, 2.75) is 38.5 Å². The van der Waals surface area contributed by atoms with Crippen LogP contribution in [0.4, 0.5) is 5.69 Å². The molecular weight excluding hydrogens is 464 g/mol. The molecule has 0 bridgehead atoms. The maximum Gasteiger partial charge on any atom is 0.248 e. The minimum atomic E-state index is -3.71. The predicted molar refractivity (Wildman–Crippen MR) is 136 cm³/mol. The molecule has 0 atom stereocenters. The van der Waals surface area contributed by atoms with Crippen molar-refractivity contribution in [2.24, 2.45) is 0 Å². The number of para-hydroxylation sites is 1. The van der Waals surface area contributed by atoms with Crippen molar-refractivity contribution < 1.29 is 17.9 Å². The highest BCUT2D eigenvalue weighted by molar-refractivity contribution is 7.89. The average molecular weight is 495 g/mol. The summed E-state index contributed by atoms with van der Waals surface area (Å²) in [5, 5.41) is 7.36. The van der Waals surface area contributed by atoms with Crippen molar-refractivity contribution in [3.8, 4) is 11.4 Å². The van der Waals surface area contributed by atoms with E-state index >= 15 is 0 Å². The summed E-state index contributed by atoms with van der Waals surface area (Å²) in [5.74, 6) is -0.0857. The fourth-order valence-corrected chi connectivity index (χ4v) is 5.86. The third-order valence-electron chi connectivity index (χ3n) is 5.94. The number of hydrogen-bond donors (Lipinski definition) is 1. The van der Waals surface area contributed by atoms with Crippen LogP contribution in [0.2, 0.25) is 0 Å². The lowest BCUT2D eigenvalue weighted by Gasteiger charge is -2.19. The molecule has 184 valence electrons. The normalized spacial score (nSPS) is 14.5. The smallest absolute Gasteiger partial charge is 0.248 e. The summed E-state index contributed by atoms with van der Waals surface area (Å²) in [6.07, 6.45) is 4.83. The third kappa shape index (κ3) is 5.31. The van der Waals surface area contributed by atoms with Gasteiger partial charge in [-0.05, 0) is 70.0 Å². The zero-order valence-electron chi connectivity index (χ0n) is 20.2. The van der Waals surface area contributed by atoms with Crippen molar-refractivity contribution >= 4 is 27.7 Å². The van der Waals surface area contributed by atoms with Gasteiger partial charge in [-0.2, -0.15) is 9.40 Å². The number of aryl methyl sites for hydroxylation is 1. The molecule has 4 rings (SSSR count). The number of sulfonamides is 1. The number of rotatable bonds is 8. The van der Waals surface area contributed by atoms with Crippen LogP contribution in [-0.4, -0.2) is 48.1 Å². The van der Waals surface area contributed by atoms with E-state index in [1.807, 2.05) is 48.9 Å². The number of nitrogens with one attached hydrogen (secondary N) is 1. The summed E-state index contributed by atoms with van der Waals surface area (Å²) in [4.78, 5) is 12.8. The first-order chi connectivity index (χ1) is 16.8. The average Bonchev–Trinajstić information content (AvgIpc) is 3.49. The molecule has 0 saturated carbocycles. The van der Waals surface area contributed by atoms with Crippen LogP contribution in [-0.2, 0) is 14.8 Å². The first-order valence-electron chi connectivity index (χ1n) is 11.7. The van der Waals surface area contributed by atoms with Gasteiger partial charge in [0, 0.05) is 36.1 Å². The number of carbonyl (C=O) groups is 1. The second-order valence-electron chi connectivity index (χ2n) is 8.36. The van der Waals surface area contributed by atoms with E-state index in [-0.39, 0.29) is 16.6 Å². The van der Waals surface area contributed by atoms with Gasteiger partial charge in [0.2, 0.25) is 15.9 Å². The van der Waals surface area contributed by atoms with E-state index in [2.05, 4.69) is 10.4 Å². The summed E-state index contributed by atoms with van der Waals surface area (Å²) in [7, 11) is -3.71. The van der Waals surface area contributed by atoms with E-state index in [1.165, 1.54) is 16.4 Å². The molecule has 3 aromatic rings. The summed E-state index contributed by atoms with van der Waals surface area (Å²) in [6.45, 7) is 6.96. The van der Waals surface area contributed by atoms with Crippen LogP contribution >= 0.6 is 0 Å². The molecule has 35 heavy (non-hydrogen) atoms. The zero-order valence-corrected chi connectivity index (χ0v) is 21.0. The van der Waals surface area contributed by atoms with Crippen molar-refractivity contribution in [1.29, 1.82) is 0 Å². The Morgan fingerprint density at radius 3 is 2.51 bits per heavy atom. The van der Waals surface area contributed by atoms with Gasteiger partial charge < -0.3 is 10.1 Å². The molecule has 1 saturated heterocycles. The lowest BCUT2D eigenvalue weighted by molar-refractivity contribution is -0.111. The monoisotopic (exact) mass is 494 g/mol. The first kappa shape index (κ1) is 24.7. The topological polar surface area (TPSA) is 93.5 Å². The lowest BCUT2D eigenvalue weighted by Crippen LogP contribution is -2.28. The van der Waals surface area contributed by atoms with Gasteiger partial charge in [0.25, 0.3) is 0 Å². The lowest BCUT2D eigenvalue weighted by atomic mass is 10.2. The molecule has 9 heteroatoms. The Balaban J connectivity index is 1.55. The highest BCUT2D eigenvalue weighted by atomic mass is 32.2. The molecule has 1 aromatic heterocycles. The molecule has 1 fully saturated rings. The van der Waals surface area contributed by atoms with Crippen LogP contribution in [0, 0.1) is 13.8 Å².